The molecule has 0 fully saturated rings. The van der Waals surface area contributed by atoms with Gasteiger partial charge in [0.2, 0.25) is 11.8 Å². The fourth-order valence-electron chi connectivity index (χ4n) is 1.99. The van der Waals surface area contributed by atoms with Crippen molar-refractivity contribution < 1.29 is 4.92 Å². The predicted octanol–water partition coefficient (Wildman–Crippen LogP) is 2.67. The van der Waals surface area contributed by atoms with E-state index in [-0.39, 0.29) is 23.1 Å². The summed E-state index contributed by atoms with van der Waals surface area (Å²) >= 11 is 3.37. The molecule has 2 rings (SSSR count). The Kier molecular flexibility index (Phi) is 4.37. The van der Waals surface area contributed by atoms with Gasteiger partial charge in [0.25, 0.3) is 0 Å². The lowest BCUT2D eigenvalue weighted by Gasteiger charge is -2.18. The highest BCUT2D eigenvalue weighted by molar-refractivity contribution is 9.10. The molecule has 0 saturated heterocycles. The van der Waals surface area contributed by atoms with Crippen molar-refractivity contribution in [3.8, 4) is 0 Å². The summed E-state index contributed by atoms with van der Waals surface area (Å²) in [6, 6.07) is 7.70. The van der Waals surface area contributed by atoms with Crippen molar-refractivity contribution in [2.24, 2.45) is 0 Å². The van der Waals surface area contributed by atoms with Crippen LogP contribution in [-0.4, -0.2) is 21.9 Å². The highest BCUT2D eigenvalue weighted by Crippen LogP contribution is 2.29. The number of nitro groups is 1. The van der Waals surface area contributed by atoms with Crippen molar-refractivity contribution in [3.63, 3.8) is 0 Å². The van der Waals surface area contributed by atoms with E-state index in [0.29, 0.717) is 6.54 Å². The Bertz CT molecular complexity index is 675. The lowest BCUT2D eigenvalue weighted by Crippen LogP contribution is -2.20. The van der Waals surface area contributed by atoms with Gasteiger partial charge in [-0.25, -0.2) is 4.98 Å². The number of rotatable bonds is 4. The highest BCUT2D eigenvalue weighted by Gasteiger charge is 2.24. The molecule has 0 bridgehead atoms. The first-order valence-corrected chi connectivity index (χ1v) is 6.92. The molecule has 0 atom stereocenters. The second kappa shape index (κ2) is 6.04. The van der Waals surface area contributed by atoms with Gasteiger partial charge in [0.1, 0.15) is 5.69 Å². The number of hydrogen-bond acceptors (Lipinski definition) is 6. The van der Waals surface area contributed by atoms with Gasteiger partial charge in [-0.15, -0.1) is 0 Å². The molecular weight excluding hydrogens is 338 g/mol. The van der Waals surface area contributed by atoms with Crippen LogP contribution in [0.2, 0.25) is 0 Å². The fraction of sp³-hybridized carbons (Fsp3) is 0.231. The summed E-state index contributed by atoms with van der Waals surface area (Å²) in [6.45, 7) is 2.02. The monoisotopic (exact) mass is 351 g/mol. The summed E-state index contributed by atoms with van der Waals surface area (Å²) in [6.07, 6.45) is 0. The number of nitrogens with zero attached hydrogens (tertiary/aromatic N) is 4. The molecule has 2 N–H and O–H groups in total. The van der Waals surface area contributed by atoms with Crippen molar-refractivity contribution in [1.29, 1.82) is 0 Å². The van der Waals surface area contributed by atoms with E-state index in [0.717, 1.165) is 10.0 Å². The first-order chi connectivity index (χ1) is 9.88. The first-order valence-electron chi connectivity index (χ1n) is 6.12. The van der Waals surface area contributed by atoms with Gasteiger partial charge in [0.15, 0.2) is 0 Å². The molecule has 0 saturated carbocycles. The molecule has 0 spiro atoms. The maximum atomic E-state index is 11.2. The standard InChI is InChI=1S/C13H14BrN5O2/c1-8-11(19(20)21)12(17-13(15)16-8)18(2)7-9-3-5-10(14)6-4-9/h3-6H,7H2,1-2H3,(H2,15,16,17). The Hall–Kier alpha value is -2.22. The Balaban J connectivity index is 2.36. The molecule has 0 aliphatic heterocycles. The number of aryl methyl sites for hydroxylation is 1. The molecule has 0 aliphatic carbocycles. The van der Waals surface area contributed by atoms with Crippen molar-refractivity contribution in [1.82, 2.24) is 9.97 Å². The number of nitrogens with two attached hydrogens (primary N) is 1. The zero-order chi connectivity index (χ0) is 15.6. The van der Waals surface area contributed by atoms with Crippen LogP contribution in [0, 0.1) is 17.0 Å². The molecule has 1 aromatic carbocycles. The largest absolute Gasteiger partial charge is 0.368 e. The number of hydrogen-bond donors (Lipinski definition) is 1. The third kappa shape index (κ3) is 3.46. The van der Waals surface area contributed by atoms with Gasteiger partial charge < -0.3 is 10.6 Å². The average molecular weight is 352 g/mol. The van der Waals surface area contributed by atoms with Crippen molar-refractivity contribution in [3.05, 3.63) is 50.1 Å². The molecule has 2 aromatic rings. The van der Waals surface area contributed by atoms with Crippen LogP contribution in [0.3, 0.4) is 0 Å². The minimum Gasteiger partial charge on any atom is -0.368 e. The molecule has 0 amide bonds. The predicted molar refractivity (Wildman–Crippen MR) is 84.1 cm³/mol. The van der Waals surface area contributed by atoms with E-state index >= 15 is 0 Å². The van der Waals surface area contributed by atoms with E-state index in [4.69, 9.17) is 5.73 Å². The number of aromatic nitrogens is 2. The van der Waals surface area contributed by atoms with E-state index in [1.165, 1.54) is 0 Å². The van der Waals surface area contributed by atoms with Crippen LogP contribution in [0.15, 0.2) is 28.7 Å². The second-order valence-corrected chi connectivity index (χ2v) is 5.49. The van der Waals surface area contributed by atoms with E-state index in [9.17, 15) is 10.1 Å². The summed E-state index contributed by atoms with van der Waals surface area (Å²) in [7, 11) is 1.73. The van der Waals surface area contributed by atoms with Crippen LogP contribution in [0.5, 0.6) is 0 Å². The number of nitrogen functional groups attached to an aromatic ring is 1. The summed E-state index contributed by atoms with van der Waals surface area (Å²) in [5.41, 5.74) is 6.74. The average Bonchev–Trinajstić information content (AvgIpc) is 2.39. The topological polar surface area (TPSA) is 98.2 Å². The zero-order valence-corrected chi connectivity index (χ0v) is 13.2. The van der Waals surface area contributed by atoms with Crippen LogP contribution in [0.25, 0.3) is 0 Å². The smallest absolute Gasteiger partial charge is 0.332 e. The van der Waals surface area contributed by atoms with Crippen molar-refractivity contribution in [2.45, 2.75) is 13.5 Å². The molecular formula is C13H14BrN5O2. The maximum Gasteiger partial charge on any atom is 0.332 e. The van der Waals surface area contributed by atoms with Crippen molar-refractivity contribution in [2.75, 3.05) is 17.7 Å². The molecule has 1 heterocycles. The molecule has 0 unspecified atom stereocenters. The van der Waals surface area contributed by atoms with Gasteiger partial charge in [0.05, 0.1) is 4.92 Å². The molecule has 8 heteroatoms. The summed E-state index contributed by atoms with van der Waals surface area (Å²) in [4.78, 5) is 20.3. The van der Waals surface area contributed by atoms with Gasteiger partial charge >= 0.3 is 5.69 Å². The van der Waals surface area contributed by atoms with Crippen LogP contribution >= 0.6 is 15.9 Å². The Labute approximate surface area is 130 Å². The lowest BCUT2D eigenvalue weighted by molar-refractivity contribution is -0.385. The van der Waals surface area contributed by atoms with Crippen LogP contribution in [-0.2, 0) is 6.54 Å². The summed E-state index contributed by atoms with van der Waals surface area (Å²) in [5, 5.41) is 11.2. The van der Waals surface area contributed by atoms with E-state index in [2.05, 4.69) is 25.9 Å². The number of benzene rings is 1. The molecule has 1 aromatic heterocycles. The van der Waals surface area contributed by atoms with Crippen molar-refractivity contribution >= 4 is 33.4 Å². The van der Waals surface area contributed by atoms with Gasteiger partial charge in [0, 0.05) is 18.1 Å². The Morgan fingerprint density at radius 3 is 2.52 bits per heavy atom. The Morgan fingerprint density at radius 1 is 1.33 bits per heavy atom. The van der Waals surface area contributed by atoms with Gasteiger partial charge in [-0.3, -0.25) is 10.1 Å². The Morgan fingerprint density at radius 2 is 1.95 bits per heavy atom. The second-order valence-electron chi connectivity index (χ2n) is 4.58. The minimum absolute atomic E-state index is 0.0238. The lowest BCUT2D eigenvalue weighted by atomic mass is 10.2. The maximum absolute atomic E-state index is 11.2. The summed E-state index contributed by atoms with van der Waals surface area (Å²) in [5.74, 6) is 0.240. The SMILES string of the molecule is Cc1nc(N)nc(N(C)Cc2ccc(Br)cc2)c1[N+](=O)[O-]. The van der Waals surface area contributed by atoms with Gasteiger partial charge in [-0.2, -0.15) is 4.98 Å². The molecule has 0 aliphatic rings. The highest BCUT2D eigenvalue weighted by atomic mass is 79.9. The fourth-order valence-corrected chi connectivity index (χ4v) is 2.26. The van der Waals surface area contributed by atoms with Crippen LogP contribution in [0.1, 0.15) is 11.3 Å². The molecule has 7 nitrogen and oxygen atoms in total. The van der Waals surface area contributed by atoms with Crippen LogP contribution < -0.4 is 10.6 Å². The quantitative estimate of drug-likeness (QED) is 0.671. The molecule has 21 heavy (non-hydrogen) atoms. The van der Waals surface area contributed by atoms with Gasteiger partial charge in [-0.05, 0) is 24.6 Å². The van der Waals surface area contributed by atoms with Gasteiger partial charge in [-0.1, -0.05) is 28.1 Å². The van der Waals surface area contributed by atoms with Crippen LogP contribution in [0.4, 0.5) is 17.5 Å². The first kappa shape index (κ1) is 15.2. The number of anilines is 2. The number of halogens is 1. The molecule has 0 radical (unpaired) electrons. The third-order valence-corrected chi connectivity index (χ3v) is 3.46. The third-order valence-electron chi connectivity index (χ3n) is 2.93. The minimum atomic E-state index is -0.484. The zero-order valence-electron chi connectivity index (χ0n) is 11.6. The van der Waals surface area contributed by atoms with E-state index < -0.39 is 4.92 Å². The van der Waals surface area contributed by atoms with E-state index in [1.54, 1.807) is 18.9 Å². The summed E-state index contributed by atoms with van der Waals surface area (Å²) < 4.78 is 0.974. The molecule has 110 valence electrons. The normalized spacial score (nSPS) is 10.4. The van der Waals surface area contributed by atoms with E-state index in [1.807, 2.05) is 24.3 Å².